The summed E-state index contributed by atoms with van der Waals surface area (Å²) >= 11 is 5.92. The van der Waals surface area contributed by atoms with E-state index < -0.39 is 10.0 Å². The van der Waals surface area contributed by atoms with Crippen LogP contribution in [0.4, 0.5) is 11.4 Å². The Balaban J connectivity index is 1.65. The molecule has 0 fully saturated rings. The largest absolute Gasteiger partial charge is 0.339 e. The molecule has 0 aliphatic rings. The molecule has 0 radical (unpaired) electrons. The Morgan fingerprint density at radius 3 is 2.63 bits per heavy atom. The minimum atomic E-state index is -3.86. The summed E-state index contributed by atoms with van der Waals surface area (Å²) in [5.74, 6) is 0.798. The number of aryl methyl sites for hydroxylation is 3. The van der Waals surface area contributed by atoms with Crippen molar-refractivity contribution in [3.8, 4) is 0 Å². The molecule has 2 N–H and O–H groups in total. The molecule has 0 saturated carbocycles. The molecule has 1 aromatic heterocycles. The van der Waals surface area contributed by atoms with Crippen LogP contribution in [0.25, 0.3) is 0 Å². The normalized spacial score (nSPS) is 11.3. The molecule has 0 saturated heterocycles. The number of benzene rings is 2. The lowest BCUT2D eigenvalue weighted by molar-refractivity contribution is -0.116. The number of aromatic nitrogens is 2. The SMILES string of the molecule is Cc1noc(CCCC(=O)Nc2ccc(C)c(S(=O)(=O)Nc3cccc(Cl)c3)c2)n1. The zero-order chi connectivity index (χ0) is 21.7. The van der Waals surface area contributed by atoms with E-state index in [-0.39, 0.29) is 17.2 Å². The van der Waals surface area contributed by atoms with E-state index in [0.717, 1.165) is 0 Å². The van der Waals surface area contributed by atoms with Crippen LogP contribution in [0.3, 0.4) is 0 Å². The van der Waals surface area contributed by atoms with Gasteiger partial charge in [0.05, 0.1) is 10.6 Å². The van der Waals surface area contributed by atoms with E-state index in [4.69, 9.17) is 16.1 Å². The Morgan fingerprint density at radius 2 is 1.93 bits per heavy atom. The van der Waals surface area contributed by atoms with E-state index >= 15 is 0 Å². The third kappa shape index (κ3) is 5.80. The van der Waals surface area contributed by atoms with Crippen molar-refractivity contribution in [3.63, 3.8) is 0 Å². The van der Waals surface area contributed by atoms with Gasteiger partial charge in [-0.15, -0.1) is 0 Å². The number of carbonyl (C=O) groups excluding carboxylic acids is 1. The van der Waals surface area contributed by atoms with E-state index in [0.29, 0.717) is 46.5 Å². The van der Waals surface area contributed by atoms with Gasteiger partial charge >= 0.3 is 0 Å². The molecule has 0 unspecified atom stereocenters. The molecule has 0 atom stereocenters. The highest BCUT2D eigenvalue weighted by molar-refractivity contribution is 7.92. The van der Waals surface area contributed by atoms with Crippen molar-refractivity contribution in [2.24, 2.45) is 0 Å². The molecule has 0 bridgehead atoms. The first-order valence-corrected chi connectivity index (χ1v) is 11.1. The monoisotopic (exact) mass is 448 g/mol. The number of rotatable bonds is 8. The van der Waals surface area contributed by atoms with Gasteiger partial charge in [0.2, 0.25) is 11.8 Å². The third-order valence-electron chi connectivity index (χ3n) is 4.20. The van der Waals surface area contributed by atoms with E-state index in [1.54, 1.807) is 44.2 Å². The van der Waals surface area contributed by atoms with Gasteiger partial charge in [0.1, 0.15) is 0 Å². The van der Waals surface area contributed by atoms with Crippen LogP contribution >= 0.6 is 11.6 Å². The predicted octanol–water partition coefficient (Wildman–Crippen LogP) is 4.10. The van der Waals surface area contributed by atoms with Crippen LogP contribution in [0.1, 0.15) is 30.1 Å². The second-order valence-electron chi connectivity index (χ2n) is 6.73. The third-order valence-corrected chi connectivity index (χ3v) is 5.96. The van der Waals surface area contributed by atoms with E-state index in [2.05, 4.69) is 20.2 Å². The first-order chi connectivity index (χ1) is 14.2. The minimum absolute atomic E-state index is 0.0709. The fourth-order valence-corrected chi connectivity index (χ4v) is 4.31. The lowest BCUT2D eigenvalue weighted by Crippen LogP contribution is -2.16. The number of hydrogen-bond acceptors (Lipinski definition) is 6. The maximum absolute atomic E-state index is 12.8. The molecule has 10 heteroatoms. The van der Waals surface area contributed by atoms with Gasteiger partial charge in [0.25, 0.3) is 10.0 Å². The quantitative estimate of drug-likeness (QED) is 0.536. The average molecular weight is 449 g/mol. The van der Waals surface area contributed by atoms with Crippen molar-refractivity contribution in [2.75, 3.05) is 10.0 Å². The van der Waals surface area contributed by atoms with Gasteiger partial charge < -0.3 is 9.84 Å². The Hall–Kier alpha value is -2.91. The number of anilines is 2. The summed E-state index contributed by atoms with van der Waals surface area (Å²) in [6.07, 6.45) is 1.25. The van der Waals surface area contributed by atoms with Crippen LogP contribution < -0.4 is 10.0 Å². The highest BCUT2D eigenvalue weighted by Gasteiger charge is 2.18. The molecule has 1 heterocycles. The molecule has 8 nitrogen and oxygen atoms in total. The van der Waals surface area contributed by atoms with E-state index in [1.165, 1.54) is 12.1 Å². The zero-order valence-corrected chi connectivity index (χ0v) is 18.0. The average Bonchev–Trinajstić information content (AvgIpc) is 3.08. The Kier molecular flexibility index (Phi) is 6.73. The maximum Gasteiger partial charge on any atom is 0.262 e. The highest BCUT2D eigenvalue weighted by atomic mass is 35.5. The highest BCUT2D eigenvalue weighted by Crippen LogP contribution is 2.24. The predicted molar refractivity (Wildman–Crippen MR) is 114 cm³/mol. The molecule has 3 aromatic rings. The number of carbonyl (C=O) groups is 1. The fourth-order valence-electron chi connectivity index (χ4n) is 2.79. The second-order valence-corrected chi connectivity index (χ2v) is 8.82. The van der Waals surface area contributed by atoms with Crippen LogP contribution in [-0.4, -0.2) is 24.5 Å². The topological polar surface area (TPSA) is 114 Å². The summed E-state index contributed by atoms with van der Waals surface area (Å²) in [5, 5.41) is 6.85. The van der Waals surface area contributed by atoms with Crippen molar-refractivity contribution in [1.29, 1.82) is 0 Å². The molecule has 0 spiro atoms. The minimum Gasteiger partial charge on any atom is -0.339 e. The van der Waals surface area contributed by atoms with Crippen LogP contribution in [-0.2, 0) is 21.2 Å². The Labute approximate surface area is 179 Å². The van der Waals surface area contributed by atoms with Crippen LogP contribution in [0.15, 0.2) is 51.9 Å². The number of hydrogen-bond donors (Lipinski definition) is 2. The first kappa shape index (κ1) is 21.8. The summed E-state index contributed by atoms with van der Waals surface area (Å²) in [6.45, 7) is 3.41. The van der Waals surface area contributed by atoms with E-state index in [1.807, 2.05) is 0 Å². The number of nitrogens with one attached hydrogen (secondary N) is 2. The Bertz CT molecular complexity index is 1160. The summed E-state index contributed by atoms with van der Waals surface area (Å²) in [7, 11) is -3.86. The molecular formula is C20H21ClN4O4S. The van der Waals surface area contributed by atoms with Gasteiger partial charge in [-0.3, -0.25) is 9.52 Å². The van der Waals surface area contributed by atoms with Gasteiger partial charge in [0.15, 0.2) is 5.82 Å². The lowest BCUT2D eigenvalue weighted by Gasteiger charge is -2.13. The fraction of sp³-hybridized carbons (Fsp3) is 0.250. The van der Waals surface area contributed by atoms with Crippen LogP contribution in [0, 0.1) is 13.8 Å². The zero-order valence-electron chi connectivity index (χ0n) is 16.5. The van der Waals surface area contributed by atoms with Crippen molar-refractivity contribution in [2.45, 2.75) is 38.0 Å². The first-order valence-electron chi connectivity index (χ1n) is 9.21. The number of amides is 1. The number of nitrogens with zero attached hydrogens (tertiary/aromatic N) is 2. The van der Waals surface area contributed by atoms with E-state index in [9.17, 15) is 13.2 Å². The molecule has 0 aliphatic heterocycles. The molecule has 2 aromatic carbocycles. The standard InChI is InChI=1S/C20H21ClN4O4S/c1-13-9-10-16(23-19(26)7-4-8-20-22-14(2)24-29-20)12-18(13)30(27,28)25-17-6-3-5-15(21)11-17/h3,5-6,9-12,25H,4,7-8H2,1-2H3,(H,23,26). The molecule has 158 valence electrons. The second kappa shape index (κ2) is 9.27. The lowest BCUT2D eigenvalue weighted by atomic mass is 10.2. The van der Waals surface area contributed by atoms with Crippen molar-refractivity contribution in [3.05, 3.63) is 64.8 Å². The summed E-state index contributed by atoms with van der Waals surface area (Å²) in [6, 6.07) is 11.2. The smallest absolute Gasteiger partial charge is 0.262 e. The van der Waals surface area contributed by atoms with Crippen molar-refractivity contribution in [1.82, 2.24) is 10.1 Å². The molecule has 3 rings (SSSR count). The van der Waals surface area contributed by atoms with Crippen LogP contribution in [0.5, 0.6) is 0 Å². The summed E-state index contributed by atoms with van der Waals surface area (Å²) < 4.78 is 33.1. The van der Waals surface area contributed by atoms with Crippen molar-refractivity contribution < 1.29 is 17.7 Å². The molecule has 0 aliphatic carbocycles. The van der Waals surface area contributed by atoms with Crippen LogP contribution in [0.2, 0.25) is 5.02 Å². The van der Waals surface area contributed by atoms with Gasteiger partial charge in [-0.05, 0) is 56.2 Å². The number of halogens is 1. The Morgan fingerprint density at radius 1 is 1.13 bits per heavy atom. The molecular weight excluding hydrogens is 428 g/mol. The van der Waals surface area contributed by atoms with Gasteiger partial charge in [0, 0.05) is 23.6 Å². The number of sulfonamides is 1. The van der Waals surface area contributed by atoms with Gasteiger partial charge in [-0.25, -0.2) is 8.42 Å². The maximum atomic E-state index is 12.8. The van der Waals surface area contributed by atoms with Gasteiger partial charge in [-0.2, -0.15) is 4.98 Å². The summed E-state index contributed by atoms with van der Waals surface area (Å²) in [5.41, 5.74) is 1.30. The molecule has 30 heavy (non-hydrogen) atoms. The summed E-state index contributed by atoms with van der Waals surface area (Å²) in [4.78, 5) is 16.4. The van der Waals surface area contributed by atoms with Crippen molar-refractivity contribution >= 4 is 38.9 Å². The molecule has 1 amide bonds. The van der Waals surface area contributed by atoms with Gasteiger partial charge in [-0.1, -0.05) is 28.9 Å².